The quantitative estimate of drug-likeness (QED) is 0.263. The molecule has 2 aromatic rings. The van der Waals surface area contributed by atoms with Crippen LogP contribution in [0.25, 0.3) is 0 Å². The number of nitrogens with one attached hydrogen (secondary N) is 2. The van der Waals surface area contributed by atoms with Crippen LogP contribution < -0.4 is 20.1 Å². The summed E-state index contributed by atoms with van der Waals surface area (Å²) >= 11 is 5.29. The number of thiocarbonyl (C=S) groups is 1. The van der Waals surface area contributed by atoms with Crippen molar-refractivity contribution >= 4 is 28.9 Å². The molecule has 0 unspecified atom stereocenters. The lowest BCUT2D eigenvalue weighted by atomic mass is 10.1. The second-order valence-corrected chi connectivity index (χ2v) is 8.66. The third-order valence-corrected chi connectivity index (χ3v) is 5.12. The number of anilines is 1. The highest BCUT2D eigenvalue weighted by Crippen LogP contribution is 2.17. The minimum atomic E-state index is -0.278. The van der Waals surface area contributed by atoms with Crippen LogP contribution in [0.3, 0.4) is 0 Å². The lowest BCUT2D eigenvalue weighted by molar-refractivity contribution is 0.0977. The molecule has 6 heteroatoms. The summed E-state index contributed by atoms with van der Waals surface area (Å²) in [6.45, 7) is 7.87. The Balaban J connectivity index is 1.76. The molecular weight excluding hydrogens is 420 g/mol. The molecule has 2 N–H and O–H groups in total. The Morgan fingerprint density at radius 1 is 0.938 bits per heavy atom. The Morgan fingerprint density at radius 3 is 2.38 bits per heavy atom. The van der Waals surface area contributed by atoms with Gasteiger partial charge in [0.15, 0.2) is 5.11 Å². The molecule has 0 aliphatic rings. The normalized spacial score (nSPS) is 10.6. The third-order valence-electron chi connectivity index (χ3n) is 4.92. The van der Waals surface area contributed by atoms with Crippen LogP contribution in [0.15, 0.2) is 48.5 Å². The summed E-state index contributed by atoms with van der Waals surface area (Å²) in [6, 6.07) is 14.7. The maximum Gasteiger partial charge on any atom is 0.257 e. The van der Waals surface area contributed by atoms with Gasteiger partial charge in [0.05, 0.1) is 13.2 Å². The van der Waals surface area contributed by atoms with Crippen LogP contribution in [0.5, 0.6) is 11.5 Å². The first-order chi connectivity index (χ1) is 15.5. The predicted molar refractivity (Wildman–Crippen MR) is 136 cm³/mol. The number of hydrogen-bond acceptors (Lipinski definition) is 4. The molecule has 0 heterocycles. The molecule has 0 bridgehead atoms. The molecule has 0 aromatic heterocycles. The van der Waals surface area contributed by atoms with E-state index in [2.05, 4.69) is 31.4 Å². The van der Waals surface area contributed by atoms with Crippen LogP contribution in [0.4, 0.5) is 5.69 Å². The minimum absolute atomic E-state index is 0.241. The molecule has 0 radical (unpaired) electrons. The molecule has 0 fully saturated rings. The Kier molecular flexibility index (Phi) is 11.6. The third kappa shape index (κ3) is 10.1. The van der Waals surface area contributed by atoms with Crippen molar-refractivity contribution in [2.45, 2.75) is 59.3 Å². The van der Waals surface area contributed by atoms with Crippen molar-refractivity contribution in [3.8, 4) is 11.5 Å². The van der Waals surface area contributed by atoms with E-state index in [4.69, 9.17) is 21.7 Å². The summed E-state index contributed by atoms with van der Waals surface area (Å²) in [5.74, 6) is 1.80. The Bertz CT molecular complexity index is 837. The largest absolute Gasteiger partial charge is 0.494 e. The second kappa shape index (κ2) is 14.5. The zero-order chi connectivity index (χ0) is 23.2. The van der Waals surface area contributed by atoms with Gasteiger partial charge < -0.3 is 14.8 Å². The van der Waals surface area contributed by atoms with E-state index in [1.807, 2.05) is 30.3 Å². The van der Waals surface area contributed by atoms with E-state index in [1.54, 1.807) is 18.2 Å². The van der Waals surface area contributed by atoms with Gasteiger partial charge in [-0.3, -0.25) is 10.1 Å². The number of amides is 1. The number of carbonyl (C=O) groups excluding carboxylic acids is 1. The molecule has 0 aliphatic carbocycles. The van der Waals surface area contributed by atoms with Gasteiger partial charge in [0.1, 0.15) is 11.5 Å². The van der Waals surface area contributed by atoms with Crippen molar-refractivity contribution < 1.29 is 14.3 Å². The molecule has 2 aromatic carbocycles. The summed E-state index contributed by atoms with van der Waals surface area (Å²) in [7, 11) is 0. The molecule has 5 nitrogen and oxygen atoms in total. The number of ether oxygens (including phenoxy) is 2. The van der Waals surface area contributed by atoms with Gasteiger partial charge in [-0.25, -0.2) is 0 Å². The van der Waals surface area contributed by atoms with Crippen LogP contribution in [-0.2, 0) is 0 Å². The highest BCUT2D eigenvalue weighted by Gasteiger charge is 2.09. The van der Waals surface area contributed by atoms with Crippen LogP contribution in [-0.4, -0.2) is 24.2 Å². The summed E-state index contributed by atoms with van der Waals surface area (Å²) < 4.78 is 11.5. The van der Waals surface area contributed by atoms with Gasteiger partial charge >= 0.3 is 0 Å². The van der Waals surface area contributed by atoms with Crippen molar-refractivity contribution in [2.75, 3.05) is 18.5 Å². The maximum atomic E-state index is 12.5. The van der Waals surface area contributed by atoms with E-state index < -0.39 is 0 Å². The molecule has 0 aliphatic heterocycles. The van der Waals surface area contributed by atoms with E-state index in [-0.39, 0.29) is 11.0 Å². The fourth-order valence-corrected chi connectivity index (χ4v) is 3.22. The highest BCUT2D eigenvalue weighted by molar-refractivity contribution is 7.80. The van der Waals surface area contributed by atoms with Crippen molar-refractivity contribution in [2.24, 2.45) is 5.92 Å². The number of benzene rings is 2. The lowest BCUT2D eigenvalue weighted by Crippen LogP contribution is -2.34. The fraction of sp³-hybridized carbons (Fsp3) is 0.462. The lowest BCUT2D eigenvalue weighted by Gasteiger charge is -2.12. The SMILES string of the molecule is CCCCCCCOc1ccc(NC(=S)NC(=O)c2cccc(OCCC(C)C)c2)cc1. The molecule has 174 valence electrons. The van der Waals surface area contributed by atoms with Gasteiger partial charge in [0, 0.05) is 11.3 Å². The fourth-order valence-electron chi connectivity index (χ4n) is 3.01. The number of carbonyl (C=O) groups is 1. The average Bonchev–Trinajstić information content (AvgIpc) is 2.77. The molecule has 32 heavy (non-hydrogen) atoms. The van der Waals surface area contributed by atoms with Crippen LogP contribution >= 0.6 is 12.2 Å². The minimum Gasteiger partial charge on any atom is -0.494 e. The molecule has 1 amide bonds. The Morgan fingerprint density at radius 2 is 1.66 bits per heavy atom. The summed E-state index contributed by atoms with van der Waals surface area (Å²) in [5, 5.41) is 5.99. The van der Waals surface area contributed by atoms with E-state index in [0.29, 0.717) is 23.8 Å². The number of hydrogen-bond donors (Lipinski definition) is 2. The van der Waals surface area contributed by atoms with Crippen molar-refractivity contribution in [1.29, 1.82) is 0 Å². The second-order valence-electron chi connectivity index (χ2n) is 8.25. The number of unbranched alkanes of at least 4 members (excludes halogenated alkanes) is 4. The van der Waals surface area contributed by atoms with Gasteiger partial charge in [-0.2, -0.15) is 0 Å². The van der Waals surface area contributed by atoms with Crippen LogP contribution in [0.2, 0.25) is 0 Å². The molecule has 0 spiro atoms. The van der Waals surface area contributed by atoms with Crippen molar-refractivity contribution in [1.82, 2.24) is 5.32 Å². The van der Waals surface area contributed by atoms with Crippen LogP contribution in [0, 0.1) is 5.92 Å². The molecule has 0 saturated carbocycles. The molecule has 2 rings (SSSR count). The summed E-state index contributed by atoms with van der Waals surface area (Å²) in [5.41, 5.74) is 1.29. The standard InChI is InChI=1S/C26H36N2O3S/c1-4-5-6-7-8-17-30-23-14-12-22(13-15-23)27-26(32)28-25(29)21-10-9-11-24(19-21)31-18-16-20(2)3/h9-15,19-20H,4-8,16-18H2,1-3H3,(H2,27,28,29,32). The monoisotopic (exact) mass is 456 g/mol. The van der Waals surface area contributed by atoms with Gasteiger partial charge in [-0.05, 0) is 73.4 Å². The van der Waals surface area contributed by atoms with E-state index in [9.17, 15) is 4.79 Å². The first-order valence-electron chi connectivity index (χ1n) is 11.6. The van der Waals surface area contributed by atoms with E-state index >= 15 is 0 Å². The molecule has 0 saturated heterocycles. The first kappa shape index (κ1) is 25.7. The summed E-state index contributed by atoms with van der Waals surface area (Å²) in [4.78, 5) is 12.5. The van der Waals surface area contributed by atoms with Crippen molar-refractivity contribution in [3.05, 3.63) is 54.1 Å². The van der Waals surface area contributed by atoms with Gasteiger partial charge in [-0.1, -0.05) is 52.5 Å². The zero-order valence-corrected chi connectivity index (χ0v) is 20.3. The van der Waals surface area contributed by atoms with Crippen LogP contribution in [0.1, 0.15) is 69.7 Å². The molecule has 0 atom stereocenters. The Hall–Kier alpha value is -2.60. The van der Waals surface area contributed by atoms with E-state index in [0.717, 1.165) is 30.9 Å². The van der Waals surface area contributed by atoms with Gasteiger partial charge in [0.25, 0.3) is 5.91 Å². The smallest absolute Gasteiger partial charge is 0.257 e. The molecular formula is C26H36N2O3S. The average molecular weight is 457 g/mol. The zero-order valence-electron chi connectivity index (χ0n) is 19.5. The van der Waals surface area contributed by atoms with Gasteiger partial charge in [0.2, 0.25) is 0 Å². The Labute approximate surface area is 197 Å². The van der Waals surface area contributed by atoms with E-state index in [1.165, 1.54) is 25.7 Å². The first-order valence-corrected chi connectivity index (χ1v) is 12.0. The number of rotatable bonds is 13. The van der Waals surface area contributed by atoms with Gasteiger partial charge in [-0.15, -0.1) is 0 Å². The maximum absolute atomic E-state index is 12.5. The summed E-state index contributed by atoms with van der Waals surface area (Å²) in [6.07, 6.45) is 7.04. The predicted octanol–water partition coefficient (Wildman–Crippen LogP) is 6.59. The van der Waals surface area contributed by atoms with Crippen molar-refractivity contribution in [3.63, 3.8) is 0 Å². The topological polar surface area (TPSA) is 59.6 Å². The highest BCUT2D eigenvalue weighted by atomic mass is 32.1.